The summed E-state index contributed by atoms with van der Waals surface area (Å²) in [7, 11) is 1.41. The molecular formula is C17H21N7O3. The lowest BCUT2D eigenvalue weighted by Gasteiger charge is -2.42. The third-order valence-electron chi connectivity index (χ3n) is 5.19. The number of anilines is 1. The van der Waals surface area contributed by atoms with E-state index in [1.165, 1.54) is 19.8 Å². The van der Waals surface area contributed by atoms with E-state index in [2.05, 4.69) is 20.1 Å². The maximum atomic E-state index is 12.7. The average Bonchev–Trinajstić information content (AvgIpc) is 3.21. The van der Waals surface area contributed by atoms with Gasteiger partial charge in [-0.15, -0.1) is 0 Å². The Hall–Kier alpha value is -3.04. The monoisotopic (exact) mass is 371 g/mol. The van der Waals surface area contributed by atoms with Gasteiger partial charge in [0.25, 0.3) is 0 Å². The van der Waals surface area contributed by atoms with Crippen LogP contribution in [-0.4, -0.2) is 74.8 Å². The van der Waals surface area contributed by atoms with Gasteiger partial charge in [0.2, 0.25) is 5.91 Å². The van der Waals surface area contributed by atoms with Crippen LogP contribution >= 0.6 is 0 Å². The number of esters is 1. The van der Waals surface area contributed by atoms with E-state index in [-0.39, 0.29) is 23.7 Å². The van der Waals surface area contributed by atoms with Gasteiger partial charge < -0.3 is 14.5 Å². The molecule has 4 rings (SSSR count). The molecule has 2 aliphatic rings. The number of amides is 1. The predicted octanol–water partition coefficient (Wildman–Crippen LogP) is -0.0949. The number of nitrogens with zero attached hydrogens (tertiary/aromatic N) is 7. The van der Waals surface area contributed by atoms with Crippen LogP contribution in [0, 0.1) is 11.8 Å². The fourth-order valence-electron chi connectivity index (χ4n) is 3.54. The van der Waals surface area contributed by atoms with Gasteiger partial charge in [-0.25, -0.2) is 19.6 Å². The second kappa shape index (κ2) is 7.29. The zero-order valence-electron chi connectivity index (χ0n) is 15.1. The van der Waals surface area contributed by atoms with Crippen LogP contribution in [0.1, 0.15) is 12.8 Å². The molecule has 4 heterocycles. The highest BCUT2D eigenvalue weighted by Crippen LogP contribution is 2.27. The van der Waals surface area contributed by atoms with Crippen molar-refractivity contribution in [3.05, 3.63) is 25.0 Å². The number of rotatable bonds is 4. The fourth-order valence-corrected chi connectivity index (χ4v) is 3.54. The van der Waals surface area contributed by atoms with Crippen molar-refractivity contribution in [3.8, 4) is 5.82 Å². The van der Waals surface area contributed by atoms with Crippen LogP contribution in [0.15, 0.2) is 25.0 Å². The van der Waals surface area contributed by atoms with Gasteiger partial charge >= 0.3 is 5.97 Å². The normalized spacial score (nSPS) is 18.3. The molecule has 0 N–H and O–H groups in total. The number of piperidine rings is 1. The largest absolute Gasteiger partial charge is 0.469 e. The maximum Gasteiger partial charge on any atom is 0.308 e. The highest BCUT2D eigenvalue weighted by atomic mass is 16.5. The van der Waals surface area contributed by atoms with Gasteiger partial charge in [-0.1, -0.05) is 0 Å². The molecule has 0 radical (unpaired) electrons. The number of carbonyl (C=O) groups is 2. The molecule has 2 aromatic rings. The Balaban J connectivity index is 1.31. The van der Waals surface area contributed by atoms with E-state index in [9.17, 15) is 9.59 Å². The molecule has 0 bridgehead atoms. The number of ether oxygens (including phenoxy) is 1. The Morgan fingerprint density at radius 3 is 2.48 bits per heavy atom. The number of aromatic nitrogens is 5. The maximum absolute atomic E-state index is 12.7. The lowest BCUT2D eigenvalue weighted by molar-refractivity contribution is -0.149. The first-order chi connectivity index (χ1) is 13.2. The average molecular weight is 371 g/mol. The molecule has 0 saturated carbocycles. The van der Waals surface area contributed by atoms with E-state index >= 15 is 0 Å². The van der Waals surface area contributed by atoms with Gasteiger partial charge in [-0.3, -0.25) is 9.59 Å². The molecule has 0 spiro atoms. The summed E-state index contributed by atoms with van der Waals surface area (Å²) in [5, 5.41) is 4.06. The Labute approximate surface area is 156 Å². The van der Waals surface area contributed by atoms with Crippen molar-refractivity contribution in [3.63, 3.8) is 0 Å². The summed E-state index contributed by atoms with van der Waals surface area (Å²) in [5.74, 6) is 1.25. The molecule has 142 valence electrons. The first-order valence-corrected chi connectivity index (χ1v) is 8.94. The van der Waals surface area contributed by atoms with E-state index in [0.717, 1.165) is 5.82 Å². The second-order valence-corrected chi connectivity index (χ2v) is 6.80. The third kappa shape index (κ3) is 3.46. The first-order valence-electron chi connectivity index (χ1n) is 8.94. The minimum Gasteiger partial charge on any atom is -0.469 e. The van der Waals surface area contributed by atoms with Crippen LogP contribution in [0.25, 0.3) is 5.82 Å². The summed E-state index contributed by atoms with van der Waals surface area (Å²) in [6.07, 6.45) is 5.85. The lowest BCUT2D eigenvalue weighted by Crippen LogP contribution is -2.56. The summed E-state index contributed by atoms with van der Waals surface area (Å²) in [6, 6.07) is 1.83. The van der Waals surface area contributed by atoms with Crippen molar-refractivity contribution >= 4 is 17.7 Å². The van der Waals surface area contributed by atoms with Crippen molar-refractivity contribution in [2.24, 2.45) is 11.8 Å². The number of methoxy groups -OCH3 is 1. The molecule has 1 amide bonds. The van der Waals surface area contributed by atoms with Crippen LogP contribution in [0.3, 0.4) is 0 Å². The Morgan fingerprint density at radius 2 is 1.81 bits per heavy atom. The van der Waals surface area contributed by atoms with Crippen LogP contribution in [0.5, 0.6) is 0 Å². The molecule has 2 aliphatic heterocycles. The van der Waals surface area contributed by atoms with E-state index < -0.39 is 0 Å². The van der Waals surface area contributed by atoms with Gasteiger partial charge in [0, 0.05) is 32.2 Å². The van der Waals surface area contributed by atoms with Crippen molar-refractivity contribution in [2.75, 3.05) is 38.2 Å². The minimum atomic E-state index is -0.177. The molecule has 0 aromatic carbocycles. The fraction of sp³-hybridized carbons (Fsp3) is 0.529. The molecule has 0 unspecified atom stereocenters. The van der Waals surface area contributed by atoms with E-state index in [1.54, 1.807) is 11.0 Å². The van der Waals surface area contributed by atoms with Crippen LogP contribution < -0.4 is 4.90 Å². The third-order valence-corrected chi connectivity index (χ3v) is 5.19. The highest BCUT2D eigenvalue weighted by molar-refractivity contribution is 5.82. The van der Waals surface area contributed by atoms with Crippen LogP contribution in [0.4, 0.5) is 5.82 Å². The quantitative estimate of drug-likeness (QED) is 0.686. The predicted molar refractivity (Wildman–Crippen MR) is 94.0 cm³/mol. The Kier molecular flexibility index (Phi) is 4.69. The van der Waals surface area contributed by atoms with Crippen molar-refractivity contribution in [1.82, 2.24) is 29.6 Å². The molecular weight excluding hydrogens is 350 g/mol. The highest BCUT2D eigenvalue weighted by Gasteiger charge is 2.38. The number of hydrogen-bond donors (Lipinski definition) is 0. The summed E-state index contributed by atoms with van der Waals surface area (Å²) < 4.78 is 6.36. The Bertz CT molecular complexity index is 812. The van der Waals surface area contributed by atoms with Crippen molar-refractivity contribution in [2.45, 2.75) is 12.8 Å². The zero-order valence-corrected chi connectivity index (χ0v) is 15.1. The number of hydrogen-bond acceptors (Lipinski definition) is 8. The number of carbonyl (C=O) groups excluding carboxylic acids is 2. The standard InChI is InChI=1S/C17H21N7O3/c1-27-17(26)12-2-4-22(5-3-12)16(25)13-7-23(8-13)14-6-15(20-10-19-14)24-11-18-9-21-24/h6,9-13H,2-5,7-8H2,1H3. The van der Waals surface area contributed by atoms with Gasteiger partial charge in [-0.2, -0.15) is 5.10 Å². The van der Waals surface area contributed by atoms with Gasteiger partial charge in [0.1, 0.15) is 24.8 Å². The Morgan fingerprint density at radius 1 is 1.07 bits per heavy atom. The molecule has 0 atom stereocenters. The van der Waals surface area contributed by atoms with Gasteiger partial charge in [0.05, 0.1) is 18.9 Å². The zero-order chi connectivity index (χ0) is 18.8. The first kappa shape index (κ1) is 17.4. The van der Waals surface area contributed by atoms with Crippen molar-refractivity contribution in [1.29, 1.82) is 0 Å². The van der Waals surface area contributed by atoms with Crippen LogP contribution in [-0.2, 0) is 14.3 Å². The van der Waals surface area contributed by atoms with Crippen molar-refractivity contribution < 1.29 is 14.3 Å². The summed E-state index contributed by atoms with van der Waals surface area (Å²) in [5.41, 5.74) is 0. The SMILES string of the molecule is COC(=O)C1CCN(C(=O)C2CN(c3cc(-n4cncn4)ncn3)C2)CC1. The molecule has 0 aliphatic carbocycles. The minimum absolute atomic E-state index is 0.0375. The van der Waals surface area contributed by atoms with E-state index in [1.807, 2.05) is 15.9 Å². The molecule has 2 saturated heterocycles. The summed E-state index contributed by atoms with van der Waals surface area (Å²) in [4.78, 5) is 40.6. The van der Waals surface area contributed by atoms with Gasteiger partial charge in [0.15, 0.2) is 5.82 Å². The molecule has 2 fully saturated rings. The second-order valence-electron chi connectivity index (χ2n) is 6.80. The number of likely N-dealkylation sites (tertiary alicyclic amines) is 1. The molecule has 27 heavy (non-hydrogen) atoms. The molecule has 10 nitrogen and oxygen atoms in total. The molecule has 10 heteroatoms. The van der Waals surface area contributed by atoms with Gasteiger partial charge in [-0.05, 0) is 12.8 Å². The lowest BCUT2D eigenvalue weighted by atomic mass is 9.93. The van der Waals surface area contributed by atoms with E-state index in [4.69, 9.17) is 4.74 Å². The smallest absolute Gasteiger partial charge is 0.308 e. The topological polar surface area (TPSA) is 106 Å². The van der Waals surface area contributed by atoms with Crippen LogP contribution in [0.2, 0.25) is 0 Å². The molecule has 2 aromatic heterocycles. The summed E-state index contributed by atoms with van der Waals surface area (Å²) in [6.45, 7) is 2.48. The summed E-state index contributed by atoms with van der Waals surface area (Å²) >= 11 is 0. The van der Waals surface area contributed by atoms with E-state index in [0.29, 0.717) is 44.8 Å².